The molecular formula is C17H20N2O3S. The molecule has 2 aromatic carbocycles. The zero-order valence-corrected chi connectivity index (χ0v) is 13.9. The molecule has 122 valence electrons. The first-order valence-corrected chi connectivity index (χ1v) is 9.14. The monoisotopic (exact) mass is 332 g/mol. The largest absolute Gasteiger partial charge is 0.324 e. The van der Waals surface area contributed by atoms with Gasteiger partial charge in [0.1, 0.15) is 0 Å². The topological polar surface area (TPSA) is 75.3 Å². The normalized spacial score (nSPS) is 12.6. The summed E-state index contributed by atoms with van der Waals surface area (Å²) in [5, 5.41) is 5.76. The maximum atomic E-state index is 12.1. The highest BCUT2D eigenvalue weighted by Crippen LogP contribution is 2.20. The van der Waals surface area contributed by atoms with Gasteiger partial charge in [-0.25, -0.2) is 8.42 Å². The molecule has 2 N–H and O–H groups in total. The van der Waals surface area contributed by atoms with Gasteiger partial charge in [0.25, 0.3) is 0 Å². The van der Waals surface area contributed by atoms with Crippen LogP contribution in [0.25, 0.3) is 0 Å². The van der Waals surface area contributed by atoms with E-state index in [2.05, 4.69) is 10.6 Å². The van der Waals surface area contributed by atoms with Crippen molar-refractivity contribution in [3.05, 3.63) is 60.2 Å². The molecule has 0 aliphatic rings. The summed E-state index contributed by atoms with van der Waals surface area (Å²) < 4.78 is 23.4. The summed E-state index contributed by atoms with van der Waals surface area (Å²) in [6, 6.07) is 16.2. The lowest BCUT2D eigenvalue weighted by Crippen LogP contribution is -2.30. The molecule has 0 unspecified atom stereocenters. The second-order valence-electron chi connectivity index (χ2n) is 5.33. The Labute approximate surface area is 136 Å². The van der Waals surface area contributed by atoms with Crippen molar-refractivity contribution in [1.82, 2.24) is 5.32 Å². The van der Waals surface area contributed by atoms with Crippen molar-refractivity contribution in [3.63, 3.8) is 0 Å². The highest BCUT2D eigenvalue weighted by molar-refractivity contribution is 7.90. The average molecular weight is 332 g/mol. The second kappa shape index (κ2) is 7.39. The van der Waals surface area contributed by atoms with Gasteiger partial charge in [-0.3, -0.25) is 4.79 Å². The van der Waals surface area contributed by atoms with Gasteiger partial charge in [-0.05, 0) is 24.6 Å². The first kappa shape index (κ1) is 17.2. The van der Waals surface area contributed by atoms with E-state index in [0.29, 0.717) is 5.69 Å². The van der Waals surface area contributed by atoms with E-state index in [1.165, 1.54) is 6.07 Å². The quantitative estimate of drug-likeness (QED) is 0.852. The molecule has 0 aliphatic carbocycles. The number of para-hydroxylation sites is 1. The second-order valence-corrected chi connectivity index (χ2v) is 7.31. The molecule has 0 bridgehead atoms. The van der Waals surface area contributed by atoms with E-state index in [1.807, 2.05) is 37.3 Å². The van der Waals surface area contributed by atoms with Gasteiger partial charge in [0.15, 0.2) is 9.84 Å². The number of nitrogens with one attached hydrogen (secondary N) is 2. The summed E-state index contributed by atoms with van der Waals surface area (Å²) in [6.07, 6.45) is 1.12. The Bertz CT molecular complexity index is 773. The number of carbonyl (C=O) groups excluding carboxylic acids is 1. The molecule has 0 aromatic heterocycles. The standard InChI is InChI=1S/C17H20N2O3S/c1-13(14-8-4-3-5-9-14)18-12-17(20)19-15-10-6-7-11-16(15)23(2,21)22/h3-11,13,18H,12H2,1-2H3,(H,19,20)/t13-/m0/s1. The van der Waals surface area contributed by atoms with Gasteiger partial charge in [-0.15, -0.1) is 0 Å². The smallest absolute Gasteiger partial charge is 0.238 e. The maximum absolute atomic E-state index is 12.1. The SMILES string of the molecule is C[C@H](NCC(=O)Nc1ccccc1S(C)(=O)=O)c1ccccc1. The summed E-state index contributed by atoms with van der Waals surface area (Å²) in [7, 11) is -3.39. The molecule has 5 nitrogen and oxygen atoms in total. The van der Waals surface area contributed by atoms with Crippen molar-refractivity contribution in [2.45, 2.75) is 17.9 Å². The fourth-order valence-electron chi connectivity index (χ4n) is 2.19. The molecule has 0 radical (unpaired) electrons. The number of anilines is 1. The molecule has 0 saturated heterocycles. The van der Waals surface area contributed by atoms with Crippen LogP contribution < -0.4 is 10.6 Å². The van der Waals surface area contributed by atoms with Crippen LogP contribution >= 0.6 is 0 Å². The molecule has 2 rings (SSSR count). The van der Waals surface area contributed by atoms with Crippen molar-refractivity contribution >= 4 is 21.4 Å². The van der Waals surface area contributed by atoms with E-state index in [-0.39, 0.29) is 23.4 Å². The summed E-state index contributed by atoms with van der Waals surface area (Å²) in [5.74, 6) is -0.288. The summed E-state index contributed by atoms with van der Waals surface area (Å²) >= 11 is 0. The van der Waals surface area contributed by atoms with Gasteiger partial charge in [-0.1, -0.05) is 42.5 Å². The van der Waals surface area contributed by atoms with Crippen molar-refractivity contribution in [2.24, 2.45) is 0 Å². The van der Waals surface area contributed by atoms with E-state index in [9.17, 15) is 13.2 Å². The Morgan fingerprint density at radius 3 is 2.30 bits per heavy atom. The fourth-order valence-corrected chi connectivity index (χ4v) is 3.04. The predicted molar refractivity (Wildman–Crippen MR) is 91.0 cm³/mol. The predicted octanol–water partition coefficient (Wildman–Crippen LogP) is 2.38. The van der Waals surface area contributed by atoms with Crippen molar-refractivity contribution in [1.29, 1.82) is 0 Å². The molecule has 2 aromatic rings. The Morgan fingerprint density at radius 2 is 1.65 bits per heavy atom. The zero-order chi connectivity index (χ0) is 16.9. The van der Waals surface area contributed by atoms with Gasteiger partial charge >= 0.3 is 0 Å². The molecule has 23 heavy (non-hydrogen) atoms. The molecule has 0 heterocycles. The Kier molecular flexibility index (Phi) is 5.52. The van der Waals surface area contributed by atoms with Gasteiger partial charge in [-0.2, -0.15) is 0 Å². The van der Waals surface area contributed by atoms with Crippen LogP contribution in [-0.4, -0.2) is 27.1 Å². The van der Waals surface area contributed by atoms with E-state index >= 15 is 0 Å². The Morgan fingerprint density at radius 1 is 1.04 bits per heavy atom. The van der Waals surface area contributed by atoms with Crippen molar-refractivity contribution in [3.8, 4) is 0 Å². The van der Waals surface area contributed by atoms with Crippen LogP contribution in [0.3, 0.4) is 0 Å². The number of carbonyl (C=O) groups is 1. The first-order valence-electron chi connectivity index (χ1n) is 7.25. The van der Waals surface area contributed by atoms with E-state index in [1.54, 1.807) is 18.2 Å². The van der Waals surface area contributed by atoms with Crippen molar-refractivity contribution < 1.29 is 13.2 Å². The third kappa shape index (κ3) is 4.91. The van der Waals surface area contributed by atoms with Crippen LogP contribution in [0.4, 0.5) is 5.69 Å². The number of amides is 1. The average Bonchev–Trinajstić information content (AvgIpc) is 2.53. The van der Waals surface area contributed by atoms with E-state index in [4.69, 9.17) is 0 Å². The van der Waals surface area contributed by atoms with Crippen LogP contribution in [0, 0.1) is 0 Å². The van der Waals surface area contributed by atoms with Gasteiger partial charge in [0.05, 0.1) is 17.1 Å². The maximum Gasteiger partial charge on any atom is 0.238 e. The third-order valence-corrected chi connectivity index (χ3v) is 4.58. The molecule has 6 heteroatoms. The van der Waals surface area contributed by atoms with Crippen LogP contribution in [-0.2, 0) is 14.6 Å². The highest BCUT2D eigenvalue weighted by atomic mass is 32.2. The number of hydrogen-bond donors (Lipinski definition) is 2. The fraction of sp³-hybridized carbons (Fsp3) is 0.235. The summed E-state index contributed by atoms with van der Waals surface area (Å²) in [5.41, 5.74) is 1.38. The van der Waals surface area contributed by atoms with Crippen molar-refractivity contribution in [2.75, 3.05) is 18.1 Å². The van der Waals surface area contributed by atoms with Crippen LogP contribution in [0.5, 0.6) is 0 Å². The van der Waals surface area contributed by atoms with Gasteiger partial charge in [0.2, 0.25) is 5.91 Å². The van der Waals surface area contributed by atoms with Crippen LogP contribution in [0.2, 0.25) is 0 Å². The highest BCUT2D eigenvalue weighted by Gasteiger charge is 2.15. The van der Waals surface area contributed by atoms with E-state index < -0.39 is 9.84 Å². The third-order valence-electron chi connectivity index (χ3n) is 3.43. The molecule has 0 saturated carbocycles. The van der Waals surface area contributed by atoms with Gasteiger partial charge < -0.3 is 10.6 Å². The lowest BCUT2D eigenvalue weighted by atomic mass is 10.1. The number of hydrogen-bond acceptors (Lipinski definition) is 4. The Hall–Kier alpha value is -2.18. The minimum absolute atomic E-state index is 0.0205. The Balaban J connectivity index is 1.99. The molecular weight excluding hydrogens is 312 g/mol. The lowest BCUT2D eigenvalue weighted by Gasteiger charge is -2.15. The molecule has 1 atom stereocenters. The summed E-state index contributed by atoms with van der Waals surface area (Å²) in [4.78, 5) is 12.2. The number of sulfone groups is 1. The number of rotatable bonds is 6. The minimum Gasteiger partial charge on any atom is -0.324 e. The summed E-state index contributed by atoms with van der Waals surface area (Å²) in [6.45, 7) is 2.06. The molecule has 1 amide bonds. The van der Waals surface area contributed by atoms with E-state index in [0.717, 1.165) is 11.8 Å². The molecule has 0 aliphatic heterocycles. The minimum atomic E-state index is -3.39. The zero-order valence-electron chi connectivity index (χ0n) is 13.1. The first-order chi connectivity index (χ1) is 10.9. The van der Waals surface area contributed by atoms with Crippen LogP contribution in [0.1, 0.15) is 18.5 Å². The van der Waals surface area contributed by atoms with Crippen LogP contribution in [0.15, 0.2) is 59.5 Å². The lowest BCUT2D eigenvalue weighted by molar-refractivity contribution is -0.115. The van der Waals surface area contributed by atoms with Gasteiger partial charge in [0, 0.05) is 12.3 Å². The number of benzene rings is 2. The molecule has 0 spiro atoms. The molecule has 0 fully saturated rings.